The van der Waals surface area contributed by atoms with Crippen molar-refractivity contribution < 1.29 is 27.2 Å². The molecule has 0 bridgehead atoms. The molecule has 1 N–H and O–H groups in total. The maximum Gasteiger partial charge on any atom is 0.297 e. The van der Waals surface area contributed by atoms with Gasteiger partial charge >= 0.3 is 0 Å². The highest BCUT2D eigenvalue weighted by Gasteiger charge is 2.15. The van der Waals surface area contributed by atoms with E-state index in [0.29, 0.717) is 0 Å². The summed E-state index contributed by atoms with van der Waals surface area (Å²) < 4.78 is 40.2. The van der Waals surface area contributed by atoms with Crippen molar-refractivity contribution in [2.45, 2.75) is 38.1 Å². The van der Waals surface area contributed by atoms with Crippen LogP contribution in [0, 0.1) is 6.92 Å². The fourth-order valence-corrected chi connectivity index (χ4v) is 5.34. The van der Waals surface area contributed by atoms with Gasteiger partial charge in [0.2, 0.25) is 0 Å². The van der Waals surface area contributed by atoms with Crippen LogP contribution in [0.15, 0.2) is 77.7 Å². The molecule has 0 aliphatic carbocycles. The first kappa shape index (κ1) is 30.3. The third-order valence-electron chi connectivity index (χ3n) is 6.94. The predicted octanol–water partition coefficient (Wildman–Crippen LogP) is 3.74. The fourth-order valence-electron chi connectivity index (χ4n) is 4.44. The molecule has 2 fully saturated rings. The van der Waals surface area contributed by atoms with Gasteiger partial charge in [0.25, 0.3) is 10.1 Å². The molecule has 40 heavy (non-hydrogen) atoms. The Morgan fingerprint density at radius 1 is 0.675 bits per heavy atom. The zero-order valence-corrected chi connectivity index (χ0v) is 24.0. The number of rotatable bonds is 9. The first-order chi connectivity index (χ1) is 19.4. The van der Waals surface area contributed by atoms with Crippen LogP contribution in [0.1, 0.15) is 27.8 Å². The number of aryl methyl sites for hydroxylation is 1. The highest BCUT2D eigenvalue weighted by atomic mass is 32.2. The Bertz CT molecular complexity index is 1250. The maximum absolute atomic E-state index is 12.2. The second kappa shape index (κ2) is 15.4. The van der Waals surface area contributed by atoms with Crippen LogP contribution in [-0.2, 0) is 50.1 Å². The minimum Gasteiger partial charge on any atom is -0.392 e. The molecule has 0 aromatic heterocycles. The zero-order chi connectivity index (χ0) is 28.2. The first-order valence-corrected chi connectivity index (χ1v) is 15.1. The summed E-state index contributed by atoms with van der Waals surface area (Å²) in [5.74, 6) is 0. The van der Waals surface area contributed by atoms with E-state index >= 15 is 0 Å². The van der Waals surface area contributed by atoms with E-state index in [1.807, 2.05) is 43.3 Å². The number of hydrogen-bond acceptors (Lipinski definition) is 8. The second-order valence-electron chi connectivity index (χ2n) is 10.1. The van der Waals surface area contributed by atoms with Crippen LogP contribution in [-0.4, -0.2) is 75.9 Å². The average Bonchev–Trinajstić information content (AvgIpc) is 2.99. The molecular weight excluding hydrogens is 528 g/mol. The summed E-state index contributed by atoms with van der Waals surface area (Å²) in [6.45, 7) is 11.1. The second-order valence-corrected chi connectivity index (χ2v) is 11.7. The highest BCUT2D eigenvalue weighted by Crippen LogP contribution is 2.16. The monoisotopic (exact) mass is 568 g/mol. The van der Waals surface area contributed by atoms with E-state index < -0.39 is 10.1 Å². The average molecular weight is 569 g/mol. The standard InChI is InChI=1S/C19H23NO4S.C12H17NO2/c1-16-2-8-19(9-3-16)25(21,22)24-15-18-6-4-17(5-7-18)14-20-10-12-23-13-11-20;14-10-12-3-1-11(2-4-12)9-13-5-7-15-8-6-13/h2-9H,10-15H2,1H3;1-4,14H,5-10H2. The van der Waals surface area contributed by atoms with Crippen molar-refractivity contribution in [2.75, 3.05) is 52.6 Å². The SMILES string of the molecule is Cc1ccc(S(=O)(=O)OCc2ccc(CN3CCOCC3)cc2)cc1.OCc1ccc(CN2CCOCC2)cc1. The normalized spacial score (nSPS) is 16.8. The van der Waals surface area contributed by atoms with Crippen LogP contribution >= 0.6 is 0 Å². The minimum atomic E-state index is -3.73. The number of aliphatic hydroxyl groups excluding tert-OH is 1. The van der Waals surface area contributed by atoms with Crippen molar-refractivity contribution in [1.29, 1.82) is 0 Å². The van der Waals surface area contributed by atoms with Crippen molar-refractivity contribution in [2.24, 2.45) is 0 Å². The van der Waals surface area contributed by atoms with E-state index in [0.717, 1.165) is 82.4 Å². The molecule has 2 aliphatic rings. The van der Waals surface area contributed by atoms with Gasteiger partial charge in [-0.15, -0.1) is 0 Å². The molecule has 3 aromatic carbocycles. The van der Waals surface area contributed by atoms with Crippen molar-refractivity contribution in [1.82, 2.24) is 9.80 Å². The predicted molar refractivity (Wildman–Crippen MR) is 154 cm³/mol. The first-order valence-electron chi connectivity index (χ1n) is 13.7. The van der Waals surface area contributed by atoms with Crippen LogP contribution < -0.4 is 0 Å². The Hall–Kier alpha value is -2.63. The molecule has 0 saturated carbocycles. The summed E-state index contributed by atoms with van der Waals surface area (Å²) >= 11 is 0. The van der Waals surface area contributed by atoms with Crippen LogP contribution in [0.4, 0.5) is 0 Å². The lowest BCUT2D eigenvalue weighted by molar-refractivity contribution is 0.0341. The molecule has 216 valence electrons. The number of hydrogen-bond donors (Lipinski definition) is 1. The lowest BCUT2D eigenvalue weighted by atomic mass is 10.1. The summed E-state index contributed by atoms with van der Waals surface area (Å²) in [6, 6.07) is 22.7. The molecule has 0 radical (unpaired) electrons. The molecule has 2 saturated heterocycles. The molecule has 2 aliphatic heterocycles. The van der Waals surface area contributed by atoms with E-state index in [1.54, 1.807) is 24.3 Å². The quantitative estimate of drug-likeness (QED) is 0.391. The van der Waals surface area contributed by atoms with Gasteiger partial charge in [-0.3, -0.25) is 14.0 Å². The van der Waals surface area contributed by atoms with Gasteiger partial charge in [-0.1, -0.05) is 66.2 Å². The Morgan fingerprint density at radius 2 is 1.10 bits per heavy atom. The van der Waals surface area contributed by atoms with E-state index in [2.05, 4.69) is 21.9 Å². The van der Waals surface area contributed by atoms with E-state index in [4.69, 9.17) is 18.8 Å². The highest BCUT2D eigenvalue weighted by molar-refractivity contribution is 7.86. The van der Waals surface area contributed by atoms with Gasteiger partial charge in [0, 0.05) is 39.3 Å². The Morgan fingerprint density at radius 3 is 1.55 bits per heavy atom. The number of nitrogens with zero attached hydrogens (tertiary/aromatic N) is 2. The van der Waals surface area contributed by atoms with Crippen LogP contribution in [0.2, 0.25) is 0 Å². The van der Waals surface area contributed by atoms with Gasteiger partial charge in [0.05, 0.1) is 44.5 Å². The maximum atomic E-state index is 12.2. The van der Waals surface area contributed by atoms with Crippen molar-refractivity contribution in [3.8, 4) is 0 Å². The summed E-state index contributed by atoms with van der Waals surface area (Å²) in [5, 5.41) is 8.92. The van der Waals surface area contributed by atoms with Gasteiger partial charge < -0.3 is 14.6 Å². The molecular formula is C31H40N2O6S. The summed E-state index contributed by atoms with van der Waals surface area (Å²) in [5.41, 5.74) is 5.32. The molecule has 9 heteroatoms. The number of benzene rings is 3. The van der Waals surface area contributed by atoms with Crippen LogP contribution in [0.3, 0.4) is 0 Å². The lowest BCUT2D eigenvalue weighted by Crippen LogP contribution is -2.35. The minimum absolute atomic E-state index is 0.0358. The van der Waals surface area contributed by atoms with E-state index in [1.165, 1.54) is 11.1 Å². The Kier molecular flexibility index (Phi) is 11.7. The number of aliphatic hydroxyl groups is 1. The summed E-state index contributed by atoms with van der Waals surface area (Å²) in [7, 11) is -3.73. The number of morpholine rings is 2. The molecule has 0 spiro atoms. The smallest absolute Gasteiger partial charge is 0.297 e. The van der Waals surface area contributed by atoms with Crippen LogP contribution in [0.25, 0.3) is 0 Å². The zero-order valence-electron chi connectivity index (χ0n) is 23.2. The summed E-state index contributed by atoms with van der Waals surface area (Å²) in [6.07, 6.45) is 0. The molecule has 8 nitrogen and oxygen atoms in total. The molecule has 5 rings (SSSR count). The lowest BCUT2D eigenvalue weighted by Gasteiger charge is -2.26. The van der Waals surface area contributed by atoms with Crippen molar-refractivity contribution in [3.05, 3.63) is 101 Å². The molecule has 0 atom stereocenters. The van der Waals surface area contributed by atoms with E-state index in [9.17, 15) is 8.42 Å². The number of ether oxygens (including phenoxy) is 2. The van der Waals surface area contributed by atoms with Gasteiger partial charge in [-0.05, 0) is 41.3 Å². The van der Waals surface area contributed by atoms with Gasteiger partial charge in [-0.25, -0.2) is 0 Å². The Balaban J connectivity index is 0.000000210. The van der Waals surface area contributed by atoms with Crippen molar-refractivity contribution >= 4 is 10.1 Å². The topological polar surface area (TPSA) is 88.5 Å². The van der Waals surface area contributed by atoms with Gasteiger partial charge in [-0.2, -0.15) is 8.42 Å². The fraction of sp³-hybridized carbons (Fsp3) is 0.419. The van der Waals surface area contributed by atoms with E-state index in [-0.39, 0.29) is 18.1 Å². The molecule has 0 unspecified atom stereocenters. The largest absolute Gasteiger partial charge is 0.392 e. The van der Waals surface area contributed by atoms with Gasteiger partial charge in [0.1, 0.15) is 0 Å². The summed E-state index contributed by atoms with van der Waals surface area (Å²) in [4.78, 5) is 4.91. The van der Waals surface area contributed by atoms with Crippen molar-refractivity contribution in [3.63, 3.8) is 0 Å². The molecule has 0 amide bonds. The third kappa shape index (κ3) is 9.78. The molecule has 2 heterocycles. The Labute approximate surface area is 238 Å². The third-order valence-corrected chi connectivity index (χ3v) is 8.22. The van der Waals surface area contributed by atoms with Gasteiger partial charge in [0.15, 0.2) is 0 Å². The van der Waals surface area contributed by atoms with Crippen LogP contribution in [0.5, 0.6) is 0 Å². The molecule has 3 aromatic rings.